The summed E-state index contributed by atoms with van der Waals surface area (Å²) >= 11 is 3.62. The maximum Gasteiger partial charge on any atom is 0.158 e. The summed E-state index contributed by atoms with van der Waals surface area (Å²) in [6.45, 7) is 2.13. The van der Waals surface area contributed by atoms with Gasteiger partial charge in [-0.05, 0) is 42.8 Å². The number of hydrogen-bond acceptors (Lipinski definition) is 0. The van der Waals surface area contributed by atoms with Gasteiger partial charge in [0.15, 0.2) is 4.90 Å². The lowest BCUT2D eigenvalue weighted by Crippen LogP contribution is -1.84. The Labute approximate surface area is 90.0 Å². The van der Waals surface area contributed by atoms with Crippen molar-refractivity contribution in [1.29, 1.82) is 0 Å². The van der Waals surface area contributed by atoms with Gasteiger partial charge in [0.25, 0.3) is 0 Å². The predicted octanol–water partition coefficient (Wildman–Crippen LogP) is 3.03. The third kappa shape index (κ3) is 1.68. The summed E-state index contributed by atoms with van der Waals surface area (Å²) < 4.78 is 0. The lowest BCUT2D eigenvalue weighted by Gasteiger charge is -2.04. The maximum atomic E-state index is 3.62. The van der Waals surface area contributed by atoms with Crippen molar-refractivity contribution in [1.82, 2.24) is 0 Å². The fraction of sp³-hybridized carbons (Fsp3) is 0.0769. The van der Waals surface area contributed by atoms with Crippen molar-refractivity contribution in [3.63, 3.8) is 0 Å². The van der Waals surface area contributed by atoms with Crippen molar-refractivity contribution >= 4 is 12.6 Å². The molecule has 0 spiro atoms. The highest BCUT2D eigenvalue weighted by Gasteiger charge is 2.06. The lowest BCUT2D eigenvalue weighted by molar-refractivity contribution is 1.40. The highest BCUT2D eigenvalue weighted by Crippen LogP contribution is 2.25. The van der Waals surface area contributed by atoms with Crippen LogP contribution in [0, 0.1) is 6.92 Å². The van der Waals surface area contributed by atoms with E-state index in [0.29, 0.717) is 0 Å². The second kappa shape index (κ2) is 3.89. The molecule has 0 aliphatic heterocycles. The number of benzene rings is 2. The molecule has 14 heavy (non-hydrogen) atoms. The van der Waals surface area contributed by atoms with Crippen molar-refractivity contribution in [3.8, 4) is 11.1 Å². The van der Waals surface area contributed by atoms with Gasteiger partial charge in [-0.3, -0.25) is 0 Å². The molecule has 0 fully saturated rings. The van der Waals surface area contributed by atoms with Crippen molar-refractivity contribution in [2.75, 3.05) is 0 Å². The Morgan fingerprint density at radius 1 is 0.786 bits per heavy atom. The average molecular weight is 201 g/mol. The molecule has 0 saturated heterocycles. The molecule has 70 valence electrons. The second-order valence-electron chi connectivity index (χ2n) is 3.36. The summed E-state index contributed by atoms with van der Waals surface area (Å²) in [5.74, 6) is 0. The summed E-state index contributed by atoms with van der Waals surface area (Å²) in [6, 6.07) is 16.7. The van der Waals surface area contributed by atoms with Gasteiger partial charge in [0, 0.05) is 5.56 Å². The molecule has 0 aliphatic rings. The van der Waals surface area contributed by atoms with E-state index >= 15 is 0 Å². The minimum atomic E-state index is 1.14. The third-order valence-corrected chi connectivity index (χ3v) is 2.80. The van der Waals surface area contributed by atoms with Crippen LogP contribution in [-0.4, -0.2) is 0 Å². The van der Waals surface area contributed by atoms with E-state index in [1.807, 2.05) is 6.07 Å². The van der Waals surface area contributed by atoms with E-state index in [0.717, 1.165) is 4.90 Å². The Morgan fingerprint density at radius 2 is 1.36 bits per heavy atom. The maximum absolute atomic E-state index is 3.62. The van der Waals surface area contributed by atoms with Gasteiger partial charge in [-0.15, -0.1) is 0 Å². The summed E-state index contributed by atoms with van der Waals surface area (Å²) in [6.07, 6.45) is 0. The standard InChI is InChI=1S/C13H12S/c1-10-6-2-3-7-11(10)12-8-4-5-9-13(12)14/h2-9,14H,1H3/p+1. The van der Waals surface area contributed by atoms with E-state index < -0.39 is 0 Å². The van der Waals surface area contributed by atoms with E-state index in [-0.39, 0.29) is 0 Å². The summed E-state index contributed by atoms with van der Waals surface area (Å²) in [7, 11) is 0. The third-order valence-electron chi connectivity index (χ3n) is 2.36. The van der Waals surface area contributed by atoms with E-state index in [9.17, 15) is 0 Å². The Bertz CT molecular complexity index is 403. The van der Waals surface area contributed by atoms with Crippen molar-refractivity contribution in [2.24, 2.45) is 0 Å². The van der Waals surface area contributed by atoms with E-state index in [1.54, 1.807) is 0 Å². The fourth-order valence-electron chi connectivity index (χ4n) is 1.59. The Morgan fingerprint density at radius 3 is 2.00 bits per heavy atom. The van der Waals surface area contributed by atoms with E-state index in [4.69, 9.17) is 0 Å². The Kier molecular flexibility index (Phi) is 2.60. The number of aryl methyl sites for hydroxylation is 1. The molecule has 0 N–H and O–H groups in total. The first-order valence-corrected chi connectivity index (χ1v) is 5.15. The molecular formula is C13H13S+. The van der Waals surface area contributed by atoms with Crippen LogP contribution in [0.25, 0.3) is 11.1 Å². The molecule has 0 radical (unpaired) electrons. The lowest BCUT2D eigenvalue weighted by atomic mass is 10.0. The van der Waals surface area contributed by atoms with Crippen LogP contribution in [-0.2, 0) is 12.6 Å². The molecule has 0 aromatic heterocycles. The van der Waals surface area contributed by atoms with Crippen LogP contribution in [0.15, 0.2) is 53.4 Å². The quantitative estimate of drug-likeness (QED) is 0.622. The van der Waals surface area contributed by atoms with Gasteiger partial charge in [0.05, 0.1) is 0 Å². The SMILES string of the molecule is Cc1ccccc1-c1ccccc1[SH2+]. The minimum Gasteiger partial charge on any atom is -0.0620 e. The van der Waals surface area contributed by atoms with Gasteiger partial charge in [0.1, 0.15) is 0 Å². The number of rotatable bonds is 1. The molecule has 1 heteroatoms. The number of hydrogen-bond donors (Lipinski definition) is 0. The highest BCUT2D eigenvalue weighted by atomic mass is 32.1. The molecule has 0 unspecified atom stereocenters. The molecule has 0 bridgehead atoms. The normalized spacial score (nSPS) is 10.1. The van der Waals surface area contributed by atoms with Gasteiger partial charge in [-0.2, -0.15) is 0 Å². The smallest absolute Gasteiger partial charge is 0.0620 e. The van der Waals surface area contributed by atoms with Gasteiger partial charge >= 0.3 is 0 Å². The van der Waals surface area contributed by atoms with Crippen molar-refractivity contribution in [3.05, 3.63) is 54.1 Å². The van der Waals surface area contributed by atoms with Gasteiger partial charge in [-0.1, -0.05) is 36.4 Å². The second-order valence-corrected chi connectivity index (χ2v) is 3.90. The molecule has 2 aromatic carbocycles. The van der Waals surface area contributed by atoms with Crippen LogP contribution in [0.3, 0.4) is 0 Å². The minimum absolute atomic E-state index is 1.14. The van der Waals surface area contributed by atoms with Gasteiger partial charge in [-0.25, -0.2) is 0 Å². The fourth-order valence-corrected chi connectivity index (χ4v) is 1.91. The van der Waals surface area contributed by atoms with Crippen molar-refractivity contribution < 1.29 is 0 Å². The molecule has 0 nitrogen and oxygen atoms in total. The van der Waals surface area contributed by atoms with Crippen LogP contribution in [0.1, 0.15) is 5.56 Å². The van der Waals surface area contributed by atoms with E-state index in [2.05, 4.69) is 62.0 Å². The first kappa shape index (κ1) is 9.35. The molecule has 0 atom stereocenters. The molecule has 2 rings (SSSR count). The summed E-state index contributed by atoms with van der Waals surface area (Å²) in [5.41, 5.74) is 3.85. The monoisotopic (exact) mass is 201 g/mol. The van der Waals surface area contributed by atoms with Gasteiger partial charge < -0.3 is 0 Å². The van der Waals surface area contributed by atoms with Crippen LogP contribution >= 0.6 is 0 Å². The molecule has 2 aromatic rings. The van der Waals surface area contributed by atoms with Crippen LogP contribution in [0.2, 0.25) is 0 Å². The summed E-state index contributed by atoms with van der Waals surface area (Å²) in [5, 5.41) is 0. The topological polar surface area (TPSA) is 0 Å². The molecular weight excluding hydrogens is 188 g/mol. The predicted molar refractivity (Wildman–Crippen MR) is 65.0 cm³/mol. The Hall–Kier alpha value is -1.21. The zero-order chi connectivity index (χ0) is 9.97. The molecule has 0 aliphatic carbocycles. The van der Waals surface area contributed by atoms with Crippen molar-refractivity contribution in [2.45, 2.75) is 11.8 Å². The summed E-state index contributed by atoms with van der Waals surface area (Å²) in [4.78, 5) is 1.14. The average Bonchev–Trinajstić information content (AvgIpc) is 2.20. The Balaban J connectivity index is 2.61. The zero-order valence-corrected chi connectivity index (χ0v) is 9.12. The molecule has 0 amide bonds. The zero-order valence-electron chi connectivity index (χ0n) is 8.12. The first-order chi connectivity index (χ1) is 6.79. The molecule has 0 heterocycles. The highest BCUT2D eigenvalue weighted by molar-refractivity contribution is 7.59. The first-order valence-electron chi connectivity index (χ1n) is 4.65. The van der Waals surface area contributed by atoms with Crippen LogP contribution in [0.5, 0.6) is 0 Å². The largest absolute Gasteiger partial charge is 0.158 e. The van der Waals surface area contributed by atoms with Crippen LogP contribution < -0.4 is 0 Å². The molecule has 0 saturated carbocycles. The van der Waals surface area contributed by atoms with E-state index in [1.165, 1.54) is 16.7 Å². The van der Waals surface area contributed by atoms with Crippen LogP contribution in [0.4, 0.5) is 0 Å². The van der Waals surface area contributed by atoms with Gasteiger partial charge in [0.2, 0.25) is 0 Å².